The van der Waals surface area contributed by atoms with E-state index in [-0.39, 0.29) is 23.4 Å². The first-order valence-electron chi connectivity index (χ1n) is 10.2. The largest absolute Gasteiger partial charge is 0.368 e. The maximum Gasteiger partial charge on any atom is 0.270 e. The Kier molecular flexibility index (Phi) is 6.52. The molecule has 0 bridgehead atoms. The number of amidine groups is 1. The minimum absolute atomic E-state index is 0.117. The average molecular weight is 436 g/mol. The third kappa shape index (κ3) is 5.65. The van der Waals surface area contributed by atoms with E-state index >= 15 is 0 Å². The molecule has 10 heteroatoms. The predicted octanol–water partition coefficient (Wildman–Crippen LogP) is 2.17. The molecule has 0 spiro atoms. The lowest BCUT2D eigenvalue weighted by Gasteiger charge is -2.22. The number of nitrogens with one attached hydrogen (secondary N) is 2. The summed E-state index contributed by atoms with van der Waals surface area (Å²) in [5, 5.41) is 11.2. The molecule has 10 nitrogen and oxygen atoms in total. The van der Waals surface area contributed by atoms with Gasteiger partial charge in [0.2, 0.25) is 11.9 Å². The predicted molar refractivity (Wildman–Crippen MR) is 127 cm³/mol. The van der Waals surface area contributed by atoms with E-state index < -0.39 is 0 Å². The highest BCUT2D eigenvalue weighted by molar-refractivity contribution is 6.18. The van der Waals surface area contributed by atoms with Gasteiger partial charge in [-0.2, -0.15) is 4.99 Å². The fraction of sp³-hybridized carbons (Fsp3) is 0.364. The van der Waals surface area contributed by atoms with Gasteiger partial charge in [-0.15, -0.1) is 0 Å². The number of guanidine groups is 1. The first kappa shape index (κ1) is 22.9. The quantitative estimate of drug-likeness (QED) is 0.496. The molecule has 3 rings (SSSR count). The molecule has 2 aromatic rings. The maximum absolute atomic E-state index is 12.6. The number of nitrogen functional groups attached to an aromatic ring is 1. The summed E-state index contributed by atoms with van der Waals surface area (Å²) in [5.74, 6) is 0.717. The standard InChI is InChI=1S/C22H29N9O/c1-22(2,3)29-19(32)17-11-16(6-8-25-17)31-9-7-15(18(31)28-21(24)30(4)5)10-14-12-26-20(23)27-13-14/h6,8,10-13,24H,7,9H2,1-5H3,(H,29,32)(H2,23,26,27). The summed E-state index contributed by atoms with van der Waals surface area (Å²) in [7, 11) is 3.54. The van der Waals surface area contributed by atoms with Gasteiger partial charge in [0.25, 0.3) is 5.91 Å². The lowest BCUT2D eigenvalue weighted by Crippen LogP contribution is -2.41. The Morgan fingerprint density at radius 2 is 1.97 bits per heavy atom. The van der Waals surface area contributed by atoms with Crippen molar-refractivity contribution in [3.8, 4) is 0 Å². The average Bonchev–Trinajstić information content (AvgIpc) is 3.10. The Balaban J connectivity index is 1.98. The molecule has 1 aliphatic rings. The number of amides is 1. The molecule has 0 atom stereocenters. The maximum atomic E-state index is 12.6. The molecule has 1 aliphatic heterocycles. The Morgan fingerprint density at radius 3 is 2.59 bits per heavy atom. The zero-order valence-corrected chi connectivity index (χ0v) is 19.0. The molecule has 1 fully saturated rings. The van der Waals surface area contributed by atoms with Crippen LogP contribution in [0.1, 0.15) is 43.2 Å². The summed E-state index contributed by atoms with van der Waals surface area (Å²) in [5.41, 5.74) is 8.05. The van der Waals surface area contributed by atoms with Gasteiger partial charge in [0.05, 0.1) is 0 Å². The molecule has 4 N–H and O–H groups in total. The molecule has 2 aromatic heterocycles. The van der Waals surface area contributed by atoms with Crippen molar-refractivity contribution in [2.45, 2.75) is 32.7 Å². The van der Waals surface area contributed by atoms with E-state index in [1.165, 1.54) is 0 Å². The zero-order chi connectivity index (χ0) is 23.5. The zero-order valence-electron chi connectivity index (χ0n) is 19.0. The molecule has 0 aliphatic carbocycles. The topological polar surface area (TPSA) is 136 Å². The van der Waals surface area contributed by atoms with Crippen molar-refractivity contribution in [2.24, 2.45) is 4.99 Å². The molecular formula is C22H29N9O. The Hall–Kier alpha value is -3.82. The van der Waals surface area contributed by atoms with Crippen molar-refractivity contribution in [2.75, 3.05) is 31.3 Å². The molecule has 168 valence electrons. The molecule has 3 heterocycles. The second-order valence-electron chi connectivity index (χ2n) is 8.70. The lowest BCUT2D eigenvalue weighted by molar-refractivity contribution is 0.0914. The number of carbonyl (C=O) groups is 1. The number of hydrogen-bond donors (Lipinski definition) is 3. The first-order chi connectivity index (χ1) is 15.0. The lowest BCUT2D eigenvalue weighted by atomic mass is 10.1. The van der Waals surface area contributed by atoms with Gasteiger partial charge in [0.15, 0.2) is 0 Å². The van der Waals surface area contributed by atoms with Crippen LogP contribution in [0.25, 0.3) is 6.08 Å². The van der Waals surface area contributed by atoms with Gasteiger partial charge in [0, 0.05) is 56.0 Å². The van der Waals surface area contributed by atoms with E-state index in [1.807, 2.05) is 37.8 Å². The first-order valence-corrected chi connectivity index (χ1v) is 10.2. The molecule has 0 aromatic carbocycles. The summed E-state index contributed by atoms with van der Waals surface area (Å²) in [4.78, 5) is 33.1. The Labute approximate surface area is 187 Å². The fourth-order valence-corrected chi connectivity index (χ4v) is 3.08. The van der Waals surface area contributed by atoms with Crippen LogP contribution in [0.4, 0.5) is 11.6 Å². The number of nitrogens with two attached hydrogens (primary N) is 1. The molecule has 1 amide bonds. The van der Waals surface area contributed by atoms with Gasteiger partial charge in [-0.3, -0.25) is 15.2 Å². The van der Waals surface area contributed by atoms with Crippen LogP contribution in [0.5, 0.6) is 0 Å². The van der Waals surface area contributed by atoms with Crippen LogP contribution in [-0.2, 0) is 0 Å². The van der Waals surface area contributed by atoms with Crippen LogP contribution < -0.4 is 16.0 Å². The molecule has 1 saturated heterocycles. The summed E-state index contributed by atoms with van der Waals surface area (Å²) in [6, 6.07) is 3.57. The highest BCUT2D eigenvalue weighted by atomic mass is 16.2. The van der Waals surface area contributed by atoms with Crippen LogP contribution in [0, 0.1) is 5.41 Å². The van der Waals surface area contributed by atoms with Gasteiger partial charge >= 0.3 is 0 Å². The van der Waals surface area contributed by atoms with E-state index in [0.29, 0.717) is 24.5 Å². The highest BCUT2D eigenvalue weighted by Crippen LogP contribution is 2.28. The number of carbonyl (C=O) groups excluding carboxylic acids is 1. The van der Waals surface area contributed by atoms with Crippen molar-refractivity contribution >= 4 is 35.4 Å². The fourth-order valence-electron chi connectivity index (χ4n) is 3.08. The minimum Gasteiger partial charge on any atom is -0.368 e. The number of nitrogens with zero attached hydrogens (tertiary/aromatic N) is 6. The van der Waals surface area contributed by atoms with Crippen molar-refractivity contribution in [3.05, 3.63) is 47.6 Å². The van der Waals surface area contributed by atoms with Crippen LogP contribution in [0.2, 0.25) is 0 Å². The van der Waals surface area contributed by atoms with E-state index in [1.54, 1.807) is 43.7 Å². The van der Waals surface area contributed by atoms with E-state index in [4.69, 9.17) is 11.1 Å². The van der Waals surface area contributed by atoms with E-state index in [9.17, 15) is 4.79 Å². The highest BCUT2D eigenvalue weighted by Gasteiger charge is 2.27. The van der Waals surface area contributed by atoms with Crippen LogP contribution in [0.15, 0.2) is 41.3 Å². The Bertz CT molecular complexity index is 1070. The smallest absolute Gasteiger partial charge is 0.270 e. The monoisotopic (exact) mass is 435 g/mol. The Morgan fingerprint density at radius 1 is 1.28 bits per heavy atom. The number of aliphatic imine (C=N–C) groups is 1. The summed E-state index contributed by atoms with van der Waals surface area (Å²) >= 11 is 0. The summed E-state index contributed by atoms with van der Waals surface area (Å²) in [6.45, 7) is 6.41. The molecule has 0 radical (unpaired) electrons. The van der Waals surface area contributed by atoms with Crippen LogP contribution in [0.3, 0.4) is 0 Å². The normalized spacial score (nSPS) is 16.5. The van der Waals surface area contributed by atoms with Crippen molar-refractivity contribution in [1.82, 2.24) is 25.2 Å². The third-order valence-corrected chi connectivity index (χ3v) is 4.59. The molecule has 0 saturated carbocycles. The van der Waals surface area contributed by atoms with Crippen LogP contribution >= 0.6 is 0 Å². The van der Waals surface area contributed by atoms with Gasteiger partial charge in [-0.1, -0.05) is 0 Å². The van der Waals surface area contributed by atoms with Gasteiger partial charge in [-0.05, 0) is 51.0 Å². The molecule has 32 heavy (non-hydrogen) atoms. The number of aromatic nitrogens is 3. The van der Waals surface area contributed by atoms with Crippen molar-refractivity contribution in [1.29, 1.82) is 5.41 Å². The van der Waals surface area contributed by atoms with Crippen molar-refractivity contribution in [3.63, 3.8) is 0 Å². The molecule has 0 unspecified atom stereocenters. The second-order valence-corrected chi connectivity index (χ2v) is 8.70. The van der Waals surface area contributed by atoms with Gasteiger partial charge in [-0.25, -0.2) is 9.97 Å². The number of rotatable bonds is 3. The van der Waals surface area contributed by atoms with E-state index in [0.717, 1.165) is 16.8 Å². The third-order valence-electron chi connectivity index (χ3n) is 4.59. The van der Waals surface area contributed by atoms with E-state index in [2.05, 4.69) is 25.3 Å². The summed E-state index contributed by atoms with van der Waals surface area (Å²) in [6.07, 6.45) is 7.55. The number of pyridine rings is 1. The van der Waals surface area contributed by atoms with Gasteiger partial charge < -0.3 is 20.9 Å². The number of anilines is 2. The number of hydrogen-bond acceptors (Lipinski definition) is 6. The minimum atomic E-state index is -0.368. The van der Waals surface area contributed by atoms with Gasteiger partial charge in [0.1, 0.15) is 11.5 Å². The molecular weight excluding hydrogens is 406 g/mol. The summed E-state index contributed by atoms with van der Waals surface area (Å²) < 4.78 is 0. The van der Waals surface area contributed by atoms with Crippen LogP contribution in [-0.4, -0.2) is 63.7 Å². The second kappa shape index (κ2) is 9.13. The van der Waals surface area contributed by atoms with Crippen molar-refractivity contribution < 1.29 is 4.79 Å². The SMILES string of the molecule is CN(C)C(=N)N=C1C(=Cc2cnc(N)nc2)CCN1c1ccnc(C(=O)NC(C)(C)C)c1.